The maximum atomic E-state index is 6.29. The van der Waals surface area contributed by atoms with Crippen molar-refractivity contribution in [3.05, 3.63) is 17.5 Å². The van der Waals surface area contributed by atoms with Crippen LogP contribution < -0.4 is 5.73 Å². The summed E-state index contributed by atoms with van der Waals surface area (Å²) in [7, 11) is 1.99. The first-order valence-electron chi connectivity index (χ1n) is 8.35. The van der Waals surface area contributed by atoms with Crippen molar-refractivity contribution in [1.29, 1.82) is 0 Å². The van der Waals surface area contributed by atoms with Gasteiger partial charge in [-0.15, -0.1) is 0 Å². The van der Waals surface area contributed by atoms with Gasteiger partial charge in [-0.2, -0.15) is 5.10 Å². The van der Waals surface area contributed by atoms with Crippen LogP contribution in [0.1, 0.15) is 57.8 Å². The molecule has 0 radical (unpaired) electrons. The van der Waals surface area contributed by atoms with Crippen molar-refractivity contribution in [1.82, 2.24) is 9.78 Å². The lowest BCUT2D eigenvalue weighted by atomic mass is 9.74. The molecule has 1 aliphatic carbocycles. The molecule has 4 heteroatoms. The molecule has 0 aromatic carbocycles. The number of nitrogens with zero attached hydrogens (tertiary/aromatic N) is 2. The molecule has 0 amide bonds. The summed E-state index contributed by atoms with van der Waals surface area (Å²) in [6.07, 6.45) is 5.61. The summed E-state index contributed by atoms with van der Waals surface area (Å²) < 4.78 is 8.22. The van der Waals surface area contributed by atoms with E-state index in [1.165, 1.54) is 12.8 Å². The van der Waals surface area contributed by atoms with Crippen molar-refractivity contribution in [2.45, 2.75) is 65.1 Å². The zero-order valence-corrected chi connectivity index (χ0v) is 14.1. The first kappa shape index (κ1) is 16.5. The van der Waals surface area contributed by atoms with Crippen LogP contribution in [0.15, 0.2) is 6.07 Å². The molecule has 1 aliphatic rings. The third-order valence-corrected chi connectivity index (χ3v) is 5.17. The average Bonchev–Trinajstić information content (AvgIpc) is 2.86. The second-order valence-corrected chi connectivity index (χ2v) is 6.86. The molecule has 0 saturated heterocycles. The molecule has 0 atom stereocenters. The van der Waals surface area contributed by atoms with Crippen LogP contribution in [0.5, 0.6) is 0 Å². The number of aromatic nitrogens is 2. The average molecular weight is 293 g/mol. The number of hydrogen-bond acceptors (Lipinski definition) is 3. The number of nitrogens with two attached hydrogens (primary N) is 1. The van der Waals surface area contributed by atoms with E-state index in [-0.39, 0.29) is 5.60 Å². The predicted octanol–water partition coefficient (Wildman–Crippen LogP) is 3.04. The largest absolute Gasteiger partial charge is 0.367 e. The zero-order valence-electron chi connectivity index (χ0n) is 14.1. The van der Waals surface area contributed by atoms with Gasteiger partial charge in [-0.05, 0) is 50.0 Å². The van der Waals surface area contributed by atoms with Crippen LogP contribution in [0, 0.1) is 11.8 Å². The second kappa shape index (κ2) is 6.93. The molecule has 0 bridgehead atoms. The van der Waals surface area contributed by atoms with Crippen molar-refractivity contribution < 1.29 is 4.74 Å². The van der Waals surface area contributed by atoms with E-state index in [4.69, 9.17) is 10.5 Å². The van der Waals surface area contributed by atoms with Crippen LogP contribution in [0.25, 0.3) is 0 Å². The van der Waals surface area contributed by atoms with Gasteiger partial charge < -0.3 is 10.5 Å². The molecule has 21 heavy (non-hydrogen) atoms. The fraction of sp³-hybridized carbons (Fsp3) is 0.824. The molecule has 1 heterocycles. The Bertz CT molecular complexity index is 445. The number of rotatable bonds is 6. The van der Waals surface area contributed by atoms with Gasteiger partial charge in [0.2, 0.25) is 0 Å². The maximum Gasteiger partial charge on any atom is 0.0892 e. The van der Waals surface area contributed by atoms with Gasteiger partial charge >= 0.3 is 0 Å². The van der Waals surface area contributed by atoms with Gasteiger partial charge in [-0.1, -0.05) is 20.8 Å². The molecule has 4 nitrogen and oxygen atoms in total. The Morgan fingerprint density at radius 1 is 1.43 bits per heavy atom. The van der Waals surface area contributed by atoms with Crippen molar-refractivity contribution in [3.8, 4) is 0 Å². The highest BCUT2D eigenvalue weighted by Crippen LogP contribution is 2.38. The minimum atomic E-state index is -0.123. The lowest BCUT2D eigenvalue weighted by Gasteiger charge is -2.40. The first-order chi connectivity index (χ1) is 9.99. The Hall–Kier alpha value is -0.870. The van der Waals surface area contributed by atoms with Gasteiger partial charge in [0.15, 0.2) is 0 Å². The van der Waals surface area contributed by atoms with Crippen LogP contribution in [-0.2, 0) is 24.8 Å². The molecule has 1 aromatic rings. The molecule has 1 aromatic heterocycles. The third-order valence-electron chi connectivity index (χ3n) is 5.17. The summed E-state index contributed by atoms with van der Waals surface area (Å²) in [5, 5.41) is 4.48. The minimum absolute atomic E-state index is 0.123. The molecule has 1 saturated carbocycles. The standard InChI is InChI=1S/C17H31N3O/c1-5-15-10-16(20(4)19-15)11-21-17(12-18)8-6-14(7-9-17)13(2)3/h10,13-14H,5-9,11-12,18H2,1-4H3. The second-order valence-electron chi connectivity index (χ2n) is 6.86. The Kier molecular flexibility index (Phi) is 5.44. The van der Waals surface area contributed by atoms with Gasteiger partial charge in [0.05, 0.1) is 23.6 Å². The molecule has 0 aliphatic heterocycles. The van der Waals surface area contributed by atoms with Crippen molar-refractivity contribution >= 4 is 0 Å². The van der Waals surface area contributed by atoms with Gasteiger partial charge in [-0.3, -0.25) is 4.68 Å². The van der Waals surface area contributed by atoms with Crippen LogP contribution in [0.4, 0.5) is 0 Å². The highest BCUT2D eigenvalue weighted by molar-refractivity contribution is 5.09. The lowest BCUT2D eigenvalue weighted by molar-refractivity contribution is -0.0858. The smallest absolute Gasteiger partial charge is 0.0892 e. The van der Waals surface area contributed by atoms with Gasteiger partial charge in [0.25, 0.3) is 0 Å². The van der Waals surface area contributed by atoms with Crippen LogP contribution in [0.2, 0.25) is 0 Å². The molecule has 120 valence electrons. The lowest BCUT2D eigenvalue weighted by Crippen LogP contribution is -2.44. The molecule has 0 spiro atoms. The van der Waals surface area contributed by atoms with E-state index < -0.39 is 0 Å². The van der Waals surface area contributed by atoms with E-state index in [1.54, 1.807) is 0 Å². The van der Waals surface area contributed by atoms with E-state index in [9.17, 15) is 0 Å². The number of ether oxygens (including phenoxy) is 1. The van der Waals surface area contributed by atoms with E-state index in [1.807, 2.05) is 11.7 Å². The molecule has 0 unspecified atom stereocenters. The summed E-state index contributed by atoms with van der Waals surface area (Å²) in [4.78, 5) is 0. The molecule has 1 fully saturated rings. The van der Waals surface area contributed by atoms with E-state index in [2.05, 4.69) is 31.9 Å². The quantitative estimate of drug-likeness (QED) is 0.877. The Balaban J connectivity index is 1.95. The number of hydrogen-bond donors (Lipinski definition) is 1. The summed E-state index contributed by atoms with van der Waals surface area (Å²) in [6, 6.07) is 2.14. The molecule has 2 N–H and O–H groups in total. The van der Waals surface area contributed by atoms with E-state index in [0.717, 1.165) is 42.5 Å². The maximum absolute atomic E-state index is 6.29. The van der Waals surface area contributed by atoms with Gasteiger partial charge in [-0.25, -0.2) is 0 Å². The monoisotopic (exact) mass is 293 g/mol. The SMILES string of the molecule is CCc1cc(COC2(CN)CCC(C(C)C)CC2)n(C)n1. The van der Waals surface area contributed by atoms with Crippen molar-refractivity contribution in [2.75, 3.05) is 6.54 Å². The predicted molar refractivity (Wildman–Crippen MR) is 86.0 cm³/mol. The first-order valence-corrected chi connectivity index (χ1v) is 8.35. The Labute approximate surface area is 129 Å². The summed E-state index contributed by atoms with van der Waals surface area (Å²) in [6.45, 7) is 8.01. The molecular formula is C17H31N3O. The number of aryl methyl sites for hydroxylation is 2. The summed E-state index contributed by atoms with van der Waals surface area (Å²) >= 11 is 0. The Morgan fingerprint density at radius 2 is 2.10 bits per heavy atom. The van der Waals surface area contributed by atoms with Crippen LogP contribution in [-0.4, -0.2) is 21.9 Å². The summed E-state index contributed by atoms with van der Waals surface area (Å²) in [5.41, 5.74) is 8.19. The van der Waals surface area contributed by atoms with Crippen molar-refractivity contribution in [2.24, 2.45) is 24.6 Å². The minimum Gasteiger partial charge on any atom is -0.367 e. The van der Waals surface area contributed by atoms with Crippen LogP contribution in [0.3, 0.4) is 0 Å². The van der Waals surface area contributed by atoms with Crippen LogP contribution >= 0.6 is 0 Å². The Morgan fingerprint density at radius 3 is 2.57 bits per heavy atom. The van der Waals surface area contributed by atoms with E-state index in [0.29, 0.717) is 13.2 Å². The van der Waals surface area contributed by atoms with Gasteiger partial charge in [0, 0.05) is 13.6 Å². The van der Waals surface area contributed by atoms with Gasteiger partial charge in [0.1, 0.15) is 0 Å². The highest BCUT2D eigenvalue weighted by Gasteiger charge is 2.36. The molecule has 2 rings (SSSR count). The van der Waals surface area contributed by atoms with Crippen molar-refractivity contribution in [3.63, 3.8) is 0 Å². The fourth-order valence-corrected chi connectivity index (χ4v) is 3.35. The summed E-state index contributed by atoms with van der Waals surface area (Å²) in [5.74, 6) is 1.60. The molecular weight excluding hydrogens is 262 g/mol. The normalized spacial score (nSPS) is 26.5. The fourth-order valence-electron chi connectivity index (χ4n) is 3.35. The topological polar surface area (TPSA) is 53.1 Å². The zero-order chi connectivity index (χ0) is 15.5. The third kappa shape index (κ3) is 3.86. The highest BCUT2D eigenvalue weighted by atomic mass is 16.5. The van der Waals surface area contributed by atoms with E-state index >= 15 is 0 Å².